The van der Waals surface area contributed by atoms with Gasteiger partial charge in [0.1, 0.15) is 5.60 Å². The Balaban J connectivity index is 2.07. The number of amides is 2. The Morgan fingerprint density at radius 1 is 1.38 bits per heavy atom. The predicted molar refractivity (Wildman–Crippen MR) is 102 cm³/mol. The molecule has 2 amide bonds. The SMILES string of the molecule is C=CCc1cccc2c1CC1C(=CCC)C(=O)N(C(=O)OC(C)(C)C)C21. The van der Waals surface area contributed by atoms with E-state index < -0.39 is 11.7 Å². The summed E-state index contributed by atoms with van der Waals surface area (Å²) >= 11 is 0. The van der Waals surface area contributed by atoms with E-state index in [1.807, 2.05) is 52.0 Å². The fourth-order valence-corrected chi connectivity index (χ4v) is 4.06. The van der Waals surface area contributed by atoms with Gasteiger partial charge in [-0.2, -0.15) is 0 Å². The molecule has 2 atom stereocenters. The molecule has 0 aromatic heterocycles. The number of ether oxygens (including phenoxy) is 1. The highest BCUT2D eigenvalue weighted by Gasteiger charge is 2.52. The fourth-order valence-electron chi connectivity index (χ4n) is 4.06. The summed E-state index contributed by atoms with van der Waals surface area (Å²) in [6.45, 7) is 11.3. The number of hydrogen-bond acceptors (Lipinski definition) is 3. The van der Waals surface area contributed by atoms with Crippen LogP contribution in [0.15, 0.2) is 42.5 Å². The van der Waals surface area contributed by atoms with Crippen LogP contribution in [0.1, 0.15) is 56.8 Å². The van der Waals surface area contributed by atoms with Crippen molar-refractivity contribution in [1.82, 2.24) is 4.90 Å². The molecule has 0 spiro atoms. The quantitative estimate of drug-likeness (QED) is 0.582. The summed E-state index contributed by atoms with van der Waals surface area (Å²) in [5.74, 6) is -0.202. The van der Waals surface area contributed by atoms with E-state index in [1.54, 1.807) is 0 Å². The highest BCUT2D eigenvalue weighted by atomic mass is 16.6. The lowest BCUT2D eigenvalue weighted by molar-refractivity contribution is -0.125. The highest BCUT2D eigenvalue weighted by molar-refractivity contribution is 6.06. The smallest absolute Gasteiger partial charge is 0.417 e. The van der Waals surface area contributed by atoms with Crippen molar-refractivity contribution in [3.8, 4) is 0 Å². The number of carbonyl (C=O) groups excluding carboxylic acids is 2. The van der Waals surface area contributed by atoms with Crippen molar-refractivity contribution in [2.75, 3.05) is 0 Å². The lowest BCUT2D eigenvalue weighted by atomic mass is 9.95. The van der Waals surface area contributed by atoms with Crippen LogP contribution >= 0.6 is 0 Å². The summed E-state index contributed by atoms with van der Waals surface area (Å²) < 4.78 is 5.54. The van der Waals surface area contributed by atoms with E-state index in [-0.39, 0.29) is 17.9 Å². The number of allylic oxidation sites excluding steroid dienone is 2. The fraction of sp³-hybridized carbons (Fsp3) is 0.455. The number of likely N-dealkylation sites (tertiary alicyclic amines) is 1. The van der Waals surface area contributed by atoms with E-state index in [1.165, 1.54) is 16.0 Å². The van der Waals surface area contributed by atoms with E-state index in [4.69, 9.17) is 4.74 Å². The standard InChI is InChI=1S/C22H27NO3/c1-6-9-14-11-8-12-15-17(14)13-18-16(10-7-2)20(24)23(19(15)18)21(25)26-22(3,4)5/h6,8,10-12,18-19H,1,7,9,13H2,2-5H3. The number of rotatable bonds is 3. The molecule has 3 rings (SSSR count). The van der Waals surface area contributed by atoms with E-state index in [2.05, 4.69) is 12.6 Å². The maximum atomic E-state index is 13.0. The van der Waals surface area contributed by atoms with Crippen LogP contribution in [0.5, 0.6) is 0 Å². The zero-order valence-electron chi connectivity index (χ0n) is 16.0. The molecule has 1 aliphatic heterocycles. The molecule has 0 bridgehead atoms. The van der Waals surface area contributed by atoms with Gasteiger partial charge in [-0.25, -0.2) is 9.69 Å². The Morgan fingerprint density at radius 3 is 2.73 bits per heavy atom. The van der Waals surface area contributed by atoms with Crippen LogP contribution in [-0.2, 0) is 22.4 Å². The third kappa shape index (κ3) is 3.09. The summed E-state index contributed by atoms with van der Waals surface area (Å²) in [6.07, 6.45) is 5.63. The van der Waals surface area contributed by atoms with Crippen LogP contribution in [0, 0.1) is 5.92 Å². The molecule has 4 heteroatoms. The van der Waals surface area contributed by atoms with Crippen molar-refractivity contribution in [2.45, 2.75) is 58.6 Å². The molecule has 1 heterocycles. The van der Waals surface area contributed by atoms with Gasteiger partial charge in [-0.3, -0.25) is 4.79 Å². The van der Waals surface area contributed by atoms with Crippen LogP contribution in [-0.4, -0.2) is 22.5 Å². The van der Waals surface area contributed by atoms with Gasteiger partial charge in [0.15, 0.2) is 0 Å². The number of hydrogen-bond donors (Lipinski definition) is 0. The summed E-state index contributed by atoms with van der Waals surface area (Å²) in [4.78, 5) is 27.2. The van der Waals surface area contributed by atoms with Crippen LogP contribution in [0.4, 0.5) is 4.79 Å². The minimum atomic E-state index is -0.643. The molecule has 1 saturated heterocycles. The van der Waals surface area contributed by atoms with Crippen molar-refractivity contribution < 1.29 is 14.3 Å². The third-order valence-corrected chi connectivity index (χ3v) is 4.95. The van der Waals surface area contributed by atoms with Gasteiger partial charge in [-0.1, -0.05) is 37.3 Å². The van der Waals surface area contributed by atoms with E-state index in [9.17, 15) is 9.59 Å². The summed E-state index contributed by atoms with van der Waals surface area (Å²) in [5, 5.41) is 0. The molecule has 1 fully saturated rings. The lowest BCUT2D eigenvalue weighted by Gasteiger charge is -2.27. The first-order valence-corrected chi connectivity index (χ1v) is 9.26. The van der Waals surface area contributed by atoms with Crippen molar-refractivity contribution in [2.24, 2.45) is 5.92 Å². The third-order valence-electron chi connectivity index (χ3n) is 4.95. The molecule has 1 aromatic rings. The number of imide groups is 1. The van der Waals surface area contributed by atoms with Gasteiger partial charge in [0, 0.05) is 11.5 Å². The largest absolute Gasteiger partial charge is 0.443 e. The summed E-state index contributed by atoms with van der Waals surface area (Å²) in [7, 11) is 0. The molecule has 138 valence electrons. The van der Waals surface area contributed by atoms with Gasteiger partial charge in [0.05, 0.1) is 6.04 Å². The summed E-state index contributed by atoms with van der Waals surface area (Å²) in [6, 6.07) is 5.87. The summed E-state index contributed by atoms with van der Waals surface area (Å²) in [5.41, 5.74) is 3.62. The average molecular weight is 353 g/mol. The highest BCUT2D eigenvalue weighted by Crippen LogP contribution is 2.51. The normalized spacial score (nSPS) is 23.2. The maximum absolute atomic E-state index is 13.0. The second-order valence-corrected chi connectivity index (χ2v) is 7.96. The Hall–Kier alpha value is -2.36. The van der Waals surface area contributed by atoms with E-state index in [0.717, 1.165) is 30.4 Å². The van der Waals surface area contributed by atoms with Crippen LogP contribution < -0.4 is 0 Å². The zero-order chi connectivity index (χ0) is 19.1. The van der Waals surface area contributed by atoms with Crippen molar-refractivity contribution in [3.63, 3.8) is 0 Å². The Bertz CT molecular complexity index is 785. The predicted octanol–water partition coefficient (Wildman–Crippen LogP) is 4.74. The molecule has 26 heavy (non-hydrogen) atoms. The number of carbonyl (C=O) groups is 2. The van der Waals surface area contributed by atoms with E-state index in [0.29, 0.717) is 0 Å². The van der Waals surface area contributed by atoms with E-state index >= 15 is 0 Å². The molecular formula is C22H27NO3. The Labute approximate surface area is 155 Å². The Morgan fingerprint density at radius 2 is 2.12 bits per heavy atom. The molecule has 2 unspecified atom stereocenters. The number of nitrogens with zero attached hydrogens (tertiary/aromatic N) is 1. The Kier molecular flexibility index (Phi) is 4.78. The monoisotopic (exact) mass is 353 g/mol. The minimum Gasteiger partial charge on any atom is -0.443 e. The van der Waals surface area contributed by atoms with Crippen LogP contribution in [0.3, 0.4) is 0 Å². The molecule has 1 aromatic carbocycles. The second kappa shape index (κ2) is 6.75. The average Bonchev–Trinajstić information content (AvgIpc) is 3.03. The molecule has 4 nitrogen and oxygen atoms in total. The van der Waals surface area contributed by atoms with Crippen LogP contribution in [0.2, 0.25) is 0 Å². The topological polar surface area (TPSA) is 46.6 Å². The number of fused-ring (bicyclic) bond motifs is 3. The van der Waals surface area contributed by atoms with Crippen molar-refractivity contribution in [1.29, 1.82) is 0 Å². The van der Waals surface area contributed by atoms with Gasteiger partial charge in [0.25, 0.3) is 5.91 Å². The van der Waals surface area contributed by atoms with Gasteiger partial charge in [-0.05, 0) is 56.7 Å². The molecular weight excluding hydrogens is 326 g/mol. The first kappa shape index (κ1) is 18.4. The molecule has 0 N–H and O–H groups in total. The minimum absolute atomic E-state index is 0.0101. The van der Waals surface area contributed by atoms with Gasteiger partial charge in [-0.15, -0.1) is 6.58 Å². The molecule has 2 aliphatic rings. The lowest BCUT2D eigenvalue weighted by Crippen LogP contribution is -2.39. The van der Waals surface area contributed by atoms with Crippen molar-refractivity contribution >= 4 is 12.0 Å². The maximum Gasteiger partial charge on any atom is 0.417 e. The molecule has 0 radical (unpaired) electrons. The van der Waals surface area contributed by atoms with Crippen LogP contribution in [0.25, 0.3) is 0 Å². The van der Waals surface area contributed by atoms with Gasteiger partial charge >= 0.3 is 6.09 Å². The van der Waals surface area contributed by atoms with Gasteiger partial charge in [0.2, 0.25) is 0 Å². The second-order valence-electron chi connectivity index (χ2n) is 7.96. The van der Waals surface area contributed by atoms with Gasteiger partial charge < -0.3 is 4.74 Å². The first-order chi connectivity index (χ1) is 12.3. The first-order valence-electron chi connectivity index (χ1n) is 9.26. The molecule has 0 saturated carbocycles. The number of benzene rings is 1. The zero-order valence-corrected chi connectivity index (χ0v) is 16.0. The molecule has 1 aliphatic carbocycles. The van der Waals surface area contributed by atoms with Crippen molar-refractivity contribution in [3.05, 3.63) is 59.2 Å².